The summed E-state index contributed by atoms with van der Waals surface area (Å²) in [7, 11) is 1.48. The van der Waals surface area contributed by atoms with Crippen LogP contribution in [0.25, 0.3) is 0 Å². The smallest absolute Gasteiger partial charge is 0.141 e. The van der Waals surface area contributed by atoms with E-state index in [9.17, 15) is 13.6 Å². The fraction of sp³-hybridized carbons (Fsp3) is 0.188. The Labute approximate surface area is 126 Å². The fourth-order valence-electron chi connectivity index (χ4n) is 2.06. The van der Waals surface area contributed by atoms with E-state index in [1.165, 1.54) is 13.2 Å². The number of rotatable bonds is 5. The number of Topliss-reactive ketones (excluding diaryl/α,β-unsaturated/α-hetero) is 1. The molecule has 110 valence electrons. The third-order valence-electron chi connectivity index (χ3n) is 3.07. The highest BCUT2D eigenvalue weighted by Gasteiger charge is 2.15. The summed E-state index contributed by atoms with van der Waals surface area (Å²) in [6.45, 7) is 0. The van der Waals surface area contributed by atoms with Crippen molar-refractivity contribution < 1.29 is 18.3 Å². The molecule has 2 nitrogen and oxygen atoms in total. The van der Waals surface area contributed by atoms with Crippen LogP contribution in [-0.4, -0.2) is 12.9 Å². The Morgan fingerprint density at radius 3 is 2.43 bits per heavy atom. The maximum atomic E-state index is 13.5. The summed E-state index contributed by atoms with van der Waals surface area (Å²) in [6.07, 6.45) is -0.314. The van der Waals surface area contributed by atoms with Crippen molar-refractivity contribution >= 4 is 17.4 Å². The molecule has 0 heterocycles. The van der Waals surface area contributed by atoms with Crippen molar-refractivity contribution in [3.63, 3.8) is 0 Å². The van der Waals surface area contributed by atoms with E-state index in [1.54, 1.807) is 18.2 Å². The van der Waals surface area contributed by atoms with E-state index in [2.05, 4.69) is 0 Å². The zero-order chi connectivity index (χ0) is 15.4. The minimum atomic E-state index is -0.721. The van der Waals surface area contributed by atoms with Gasteiger partial charge in [0.25, 0.3) is 0 Å². The summed E-state index contributed by atoms with van der Waals surface area (Å²) in [5.41, 5.74) is 0.371. The third kappa shape index (κ3) is 3.79. The molecular weight excluding hydrogens is 298 g/mol. The Kier molecular flexibility index (Phi) is 4.91. The summed E-state index contributed by atoms with van der Waals surface area (Å²) < 4.78 is 32.2. The van der Waals surface area contributed by atoms with Crippen molar-refractivity contribution in [2.24, 2.45) is 0 Å². The predicted molar refractivity (Wildman–Crippen MR) is 76.8 cm³/mol. The first-order valence-electron chi connectivity index (χ1n) is 6.28. The molecule has 2 rings (SSSR count). The molecule has 0 saturated carbocycles. The van der Waals surface area contributed by atoms with E-state index in [1.807, 2.05) is 0 Å². The molecule has 0 fully saturated rings. The van der Waals surface area contributed by atoms with Crippen molar-refractivity contribution in [3.05, 3.63) is 64.2 Å². The van der Waals surface area contributed by atoms with Gasteiger partial charge in [-0.3, -0.25) is 4.79 Å². The predicted octanol–water partition coefficient (Wildman–Crippen LogP) is 3.98. The lowest BCUT2D eigenvalue weighted by Crippen LogP contribution is -2.10. The van der Waals surface area contributed by atoms with Crippen LogP contribution in [0.2, 0.25) is 5.02 Å². The molecule has 0 aromatic heterocycles. The van der Waals surface area contributed by atoms with Gasteiger partial charge < -0.3 is 4.74 Å². The van der Waals surface area contributed by atoms with Crippen molar-refractivity contribution in [1.82, 2.24) is 0 Å². The average molecular weight is 311 g/mol. The number of hydrogen-bond acceptors (Lipinski definition) is 2. The van der Waals surface area contributed by atoms with Gasteiger partial charge in [0.2, 0.25) is 0 Å². The van der Waals surface area contributed by atoms with E-state index < -0.39 is 11.6 Å². The molecule has 0 radical (unpaired) electrons. The zero-order valence-corrected chi connectivity index (χ0v) is 12.1. The van der Waals surface area contributed by atoms with Crippen LogP contribution in [-0.2, 0) is 17.6 Å². The monoisotopic (exact) mass is 310 g/mol. The van der Waals surface area contributed by atoms with Gasteiger partial charge in [-0.05, 0) is 30.3 Å². The highest BCUT2D eigenvalue weighted by atomic mass is 35.5. The molecule has 2 aromatic rings. The molecule has 21 heavy (non-hydrogen) atoms. The Bertz CT molecular complexity index is 651. The van der Waals surface area contributed by atoms with Crippen molar-refractivity contribution in [3.8, 4) is 5.75 Å². The number of ether oxygens (including phenoxy) is 1. The first kappa shape index (κ1) is 15.4. The molecule has 0 N–H and O–H groups in total. The standard InChI is InChI=1S/C16H13ClF2O2/c1-21-16-6-5-11(17)7-10(16)8-12(20)9-13-14(18)3-2-4-15(13)19/h2-7H,8-9H2,1H3. The molecular formula is C16H13ClF2O2. The van der Waals surface area contributed by atoms with Gasteiger partial charge in [0.1, 0.15) is 23.2 Å². The highest BCUT2D eigenvalue weighted by molar-refractivity contribution is 6.30. The summed E-state index contributed by atoms with van der Waals surface area (Å²) in [5.74, 6) is -1.25. The first-order chi connectivity index (χ1) is 10.0. The Morgan fingerprint density at radius 2 is 1.81 bits per heavy atom. The molecule has 0 unspecified atom stereocenters. The largest absolute Gasteiger partial charge is 0.496 e. The Balaban J connectivity index is 2.17. The van der Waals surface area contributed by atoms with Crippen LogP contribution in [0.5, 0.6) is 5.75 Å². The minimum absolute atomic E-state index is 0.00247. The lowest BCUT2D eigenvalue weighted by atomic mass is 10.0. The van der Waals surface area contributed by atoms with E-state index in [0.717, 1.165) is 12.1 Å². The molecule has 0 bridgehead atoms. The summed E-state index contributed by atoms with van der Waals surface area (Å²) in [4.78, 5) is 12.0. The number of benzene rings is 2. The van der Waals surface area contributed by atoms with Gasteiger partial charge in [0.05, 0.1) is 7.11 Å². The van der Waals surface area contributed by atoms with Crippen LogP contribution in [0.3, 0.4) is 0 Å². The van der Waals surface area contributed by atoms with Crippen molar-refractivity contribution in [2.75, 3.05) is 7.11 Å². The molecule has 0 saturated heterocycles. The second kappa shape index (κ2) is 6.68. The van der Waals surface area contributed by atoms with E-state index >= 15 is 0 Å². The van der Waals surface area contributed by atoms with Gasteiger partial charge in [-0.1, -0.05) is 17.7 Å². The fourth-order valence-corrected chi connectivity index (χ4v) is 2.25. The van der Waals surface area contributed by atoms with E-state index in [-0.39, 0.29) is 24.2 Å². The number of carbonyl (C=O) groups excluding carboxylic acids is 1. The highest BCUT2D eigenvalue weighted by Crippen LogP contribution is 2.24. The summed E-state index contributed by atoms with van der Waals surface area (Å²) in [6, 6.07) is 8.42. The maximum absolute atomic E-state index is 13.5. The second-order valence-electron chi connectivity index (χ2n) is 4.55. The van der Waals surface area contributed by atoms with Crippen LogP contribution in [0, 0.1) is 11.6 Å². The SMILES string of the molecule is COc1ccc(Cl)cc1CC(=O)Cc1c(F)cccc1F. The molecule has 0 aliphatic rings. The number of halogens is 3. The topological polar surface area (TPSA) is 26.3 Å². The third-order valence-corrected chi connectivity index (χ3v) is 3.30. The van der Waals surface area contributed by atoms with Crippen LogP contribution in [0.15, 0.2) is 36.4 Å². The molecule has 5 heteroatoms. The summed E-state index contributed by atoms with van der Waals surface area (Å²) in [5, 5.41) is 0.468. The Hall–Kier alpha value is -1.94. The lowest BCUT2D eigenvalue weighted by Gasteiger charge is -2.09. The minimum Gasteiger partial charge on any atom is -0.496 e. The molecule has 0 atom stereocenters. The van der Waals surface area contributed by atoms with E-state index in [0.29, 0.717) is 16.3 Å². The van der Waals surface area contributed by atoms with Gasteiger partial charge in [-0.15, -0.1) is 0 Å². The van der Waals surface area contributed by atoms with Crippen LogP contribution < -0.4 is 4.74 Å². The molecule has 0 spiro atoms. The van der Waals surface area contributed by atoms with Crippen molar-refractivity contribution in [2.45, 2.75) is 12.8 Å². The zero-order valence-electron chi connectivity index (χ0n) is 11.3. The number of ketones is 1. The van der Waals surface area contributed by atoms with Crippen LogP contribution in [0.4, 0.5) is 8.78 Å². The van der Waals surface area contributed by atoms with Gasteiger partial charge in [-0.2, -0.15) is 0 Å². The molecule has 2 aromatic carbocycles. The van der Waals surface area contributed by atoms with Crippen LogP contribution in [0.1, 0.15) is 11.1 Å². The number of hydrogen-bond donors (Lipinski definition) is 0. The number of carbonyl (C=O) groups is 1. The lowest BCUT2D eigenvalue weighted by molar-refractivity contribution is -0.117. The van der Waals surface area contributed by atoms with Gasteiger partial charge in [-0.25, -0.2) is 8.78 Å². The quantitative estimate of drug-likeness (QED) is 0.835. The normalized spacial score (nSPS) is 10.5. The van der Waals surface area contributed by atoms with Gasteiger partial charge in [0.15, 0.2) is 0 Å². The summed E-state index contributed by atoms with van der Waals surface area (Å²) >= 11 is 5.88. The maximum Gasteiger partial charge on any atom is 0.141 e. The van der Waals surface area contributed by atoms with Gasteiger partial charge >= 0.3 is 0 Å². The van der Waals surface area contributed by atoms with Crippen LogP contribution >= 0.6 is 11.6 Å². The van der Waals surface area contributed by atoms with E-state index in [4.69, 9.17) is 16.3 Å². The molecule has 0 amide bonds. The Morgan fingerprint density at radius 1 is 1.14 bits per heavy atom. The molecule has 0 aliphatic carbocycles. The second-order valence-corrected chi connectivity index (χ2v) is 4.99. The first-order valence-corrected chi connectivity index (χ1v) is 6.66. The van der Waals surface area contributed by atoms with Gasteiger partial charge in [0, 0.05) is 29.0 Å². The van der Waals surface area contributed by atoms with Crippen molar-refractivity contribution in [1.29, 1.82) is 0 Å². The average Bonchev–Trinajstić information content (AvgIpc) is 2.43. The number of methoxy groups -OCH3 is 1. The molecule has 0 aliphatic heterocycles.